The van der Waals surface area contributed by atoms with Crippen molar-refractivity contribution < 1.29 is 12.8 Å². The monoisotopic (exact) mass is 502 g/mol. The van der Waals surface area contributed by atoms with Crippen LogP contribution in [0.5, 0.6) is 0 Å². The van der Waals surface area contributed by atoms with Crippen LogP contribution in [0.25, 0.3) is 0 Å². The lowest BCUT2D eigenvalue weighted by atomic mass is 10.2. The van der Waals surface area contributed by atoms with Crippen LogP contribution < -0.4 is 10.6 Å². The van der Waals surface area contributed by atoms with E-state index in [1.54, 1.807) is 23.1 Å². The number of guanidine groups is 1. The van der Waals surface area contributed by atoms with Gasteiger partial charge in [0.25, 0.3) is 0 Å². The molecule has 1 unspecified atom stereocenters. The summed E-state index contributed by atoms with van der Waals surface area (Å²) in [4.78, 5) is 4.13. The molecule has 10 heteroatoms. The summed E-state index contributed by atoms with van der Waals surface area (Å²) < 4.78 is 31.8. The molecule has 7 nitrogen and oxygen atoms in total. The van der Waals surface area contributed by atoms with Gasteiger partial charge in [-0.25, -0.2) is 12.7 Å². The van der Waals surface area contributed by atoms with Crippen molar-refractivity contribution in [2.45, 2.75) is 19.9 Å². The van der Waals surface area contributed by atoms with E-state index in [9.17, 15) is 8.42 Å². The predicted octanol–water partition coefficient (Wildman–Crippen LogP) is 1.81. The van der Waals surface area contributed by atoms with E-state index in [0.717, 1.165) is 23.0 Å². The Morgan fingerprint density at radius 1 is 1.40 bits per heavy atom. The third-order valence-electron chi connectivity index (χ3n) is 3.78. The zero-order valence-electron chi connectivity index (χ0n) is 14.8. The Bertz CT molecular complexity index is 657. The summed E-state index contributed by atoms with van der Waals surface area (Å²) in [6.07, 6.45) is 0. The lowest BCUT2D eigenvalue weighted by Gasteiger charge is -2.25. The number of thioether (sulfide) groups is 1. The Labute approximate surface area is 171 Å². The van der Waals surface area contributed by atoms with Gasteiger partial charge in [-0.1, -0.05) is 0 Å². The molecule has 2 heterocycles. The van der Waals surface area contributed by atoms with Crippen LogP contribution in [0.1, 0.15) is 24.5 Å². The second-order valence-electron chi connectivity index (χ2n) is 5.64. The molecule has 2 N–H and O–H groups in total. The quantitative estimate of drug-likeness (QED) is 0.351. The second kappa shape index (κ2) is 10.6. The molecule has 0 aromatic carbocycles. The minimum Gasteiger partial charge on any atom is -0.464 e. The van der Waals surface area contributed by atoms with E-state index in [1.807, 2.05) is 26.0 Å². The summed E-state index contributed by atoms with van der Waals surface area (Å²) in [5.74, 6) is 4.03. The van der Waals surface area contributed by atoms with Crippen LogP contribution in [-0.2, 0) is 10.0 Å². The molecule has 1 aromatic rings. The van der Waals surface area contributed by atoms with Crippen molar-refractivity contribution >= 4 is 51.7 Å². The Balaban J connectivity index is 0.00000312. The number of hydrogen-bond donors (Lipinski definition) is 2. The maximum atomic E-state index is 12.3. The fourth-order valence-electron chi connectivity index (χ4n) is 2.41. The van der Waals surface area contributed by atoms with Gasteiger partial charge >= 0.3 is 0 Å². The minimum absolute atomic E-state index is 0. The smallest absolute Gasteiger partial charge is 0.215 e. The van der Waals surface area contributed by atoms with Gasteiger partial charge in [-0.05, 0) is 26.0 Å². The molecular formula is C15H27IN4O3S2. The average Bonchev–Trinajstić information content (AvgIpc) is 3.01. The van der Waals surface area contributed by atoms with Gasteiger partial charge in [0.1, 0.15) is 11.5 Å². The van der Waals surface area contributed by atoms with E-state index in [2.05, 4.69) is 15.6 Å². The summed E-state index contributed by atoms with van der Waals surface area (Å²) in [6.45, 7) is 5.39. The highest BCUT2D eigenvalue weighted by molar-refractivity contribution is 14.0. The van der Waals surface area contributed by atoms with Crippen molar-refractivity contribution in [3.05, 3.63) is 23.7 Å². The molecule has 1 aliphatic heterocycles. The lowest BCUT2D eigenvalue weighted by molar-refractivity contribution is 0.439. The third kappa shape index (κ3) is 6.99. The molecule has 1 saturated heterocycles. The van der Waals surface area contributed by atoms with Crippen molar-refractivity contribution in [3.63, 3.8) is 0 Å². The van der Waals surface area contributed by atoms with Crippen LogP contribution in [-0.4, -0.2) is 62.6 Å². The Hall–Kier alpha value is -0.460. The number of nitrogens with one attached hydrogen (secondary N) is 2. The average molecular weight is 502 g/mol. The zero-order chi connectivity index (χ0) is 17.6. The van der Waals surface area contributed by atoms with E-state index in [4.69, 9.17) is 4.42 Å². The number of furan rings is 1. The van der Waals surface area contributed by atoms with E-state index >= 15 is 0 Å². The van der Waals surface area contributed by atoms with Crippen molar-refractivity contribution in [2.75, 3.05) is 43.9 Å². The van der Waals surface area contributed by atoms with Crippen LogP contribution in [0.3, 0.4) is 0 Å². The van der Waals surface area contributed by atoms with Crippen LogP contribution in [0.2, 0.25) is 0 Å². The molecule has 0 spiro atoms. The highest BCUT2D eigenvalue weighted by atomic mass is 127. The lowest BCUT2D eigenvalue weighted by Crippen LogP contribution is -2.44. The maximum absolute atomic E-state index is 12.3. The number of sulfonamides is 1. The minimum atomic E-state index is -3.21. The summed E-state index contributed by atoms with van der Waals surface area (Å²) >= 11 is 1.79. The first-order chi connectivity index (χ1) is 11.4. The van der Waals surface area contributed by atoms with Gasteiger partial charge in [-0.3, -0.25) is 4.99 Å². The number of rotatable bonds is 6. The summed E-state index contributed by atoms with van der Waals surface area (Å²) in [7, 11) is -1.55. The summed E-state index contributed by atoms with van der Waals surface area (Å²) in [5, 5.41) is 6.25. The number of aliphatic imine (C=N–C) groups is 1. The number of halogens is 1. The molecule has 0 radical (unpaired) electrons. The molecule has 0 amide bonds. The predicted molar refractivity (Wildman–Crippen MR) is 114 cm³/mol. The molecule has 0 aliphatic carbocycles. The first kappa shape index (κ1) is 22.6. The maximum Gasteiger partial charge on any atom is 0.215 e. The molecule has 1 aromatic heterocycles. The molecule has 2 rings (SSSR count). The summed E-state index contributed by atoms with van der Waals surface area (Å²) in [6, 6.07) is 3.77. The van der Waals surface area contributed by atoms with Gasteiger partial charge in [0.2, 0.25) is 10.0 Å². The molecule has 1 aliphatic rings. The number of aryl methyl sites for hydroxylation is 1. The number of nitrogens with zero attached hydrogens (tertiary/aromatic N) is 2. The van der Waals surface area contributed by atoms with Gasteiger partial charge in [0.15, 0.2) is 5.96 Å². The van der Waals surface area contributed by atoms with Crippen LogP contribution >= 0.6 is 35.7 Å². The van der Waals surface area contributed by atoms with Crippen LogP contribution in [0.4, 0.5) is 0 Å². The van der Waals surface area contributed by atoms with Gasteiger partial charge in [-0.15, -0.1) is 24.0 Å². The molecular weight excluding hydrogens is 475 g/mol. The SMILES string of the molecule is CN=C(NCCS(=O)(=O)N1CCSCC1)NC(C)c1ccc(C)o1.I. The molecule has 0 bridgehead atoms. The Morgan fingerprint density at radius 3 is 2.64 bits per heavy atom. The van der Waals surface area contributed by atoms with Crippen molar-refractivity contribution in [1.29, 1.82) is 0 Å². The molecule has 144 valence electrons. The molecule has 1 atom stereocenters. The Morgan fingerprint density at radius 2 is 2.08 bits per heavy atom. The zero-order valence-corrected chi connectivity index (χ0v) is 18.8. The van der Waals surface area contributed by atoms with Crippen LogP contribution in [0.15, 0.2) is 21.5 Å². The van der Waals surface area contributed by atoms with Crippen molar-refractivity contribution in [3.8, 4) is 0 Å². The highest BCUT2D eigenvalue weighted by Crippen LogP contribution is 2.15. The molecule has 0 saturated carbocycles. The first-order valence-electron chi connectivity index (χ1n) is 8.01. The van der Waals surface area contributed by atoms with Gasteiger partial charge < -0.3 is 15.1 Å². The molecule has 25 heavy (non-hydrogen) atoms. The second-order valence-corrected chi connectivity index (χ2v) is 8.95. The third-order valence-corrected chi connectivity index (χ3v) is 6.60. The molecule has 1 fully saturated rings. The fraction of sp³-hybridized carbons (Fsp3) is 0.667. The van der Waals surface area contributed by atoms with E-state index < -0.39 is 10.0 Å². The van der Waals surface area contributed by atoms with Gasteiger partial charge in [0, 0.05) is 38.2 Å². The van der Waals surface area contributed by atoms with E-state index in [0.29, 0.717) is 25.6 Å². The van der Waals surface area contributed by atoms with Crippen molar-refractivity contribution in [2.24, 2.45) is 4.99 Å². The van der Waals surface area contributed by atoms with Crippen molar-refractivity contribution in [1.82, 2.24) is 14.9 Å². The van der Waals surface area contributed by atoms with Gasteiger partial charge in [-0.2, -0.15) is 11.8 Å². The van der Waals surface area contributed by atoms with Gasteiger partial charge in [0.05, 0.1) is 11.8 Å². The van der Waals surface area contributed by atoms with Crippen LogP contribution in [0, 0.1) is 6.92 Å². The largest absolute Gasteiger partial charge is 0.464 e. The topological polar surface area (TPSA) is 86.9 Å². The first-order valence-corrected chi connectivity index (χ1v) is 10.8. The fourth-order valence-corrected chi connectivity index (χ4v) is 4.90. The summed E-state index contributed by atoms with van der Waals surface area (Å²) in [5.41, 5.74) is 0. The Kier molecular flexibility index (Phi) is 9.60. The van der Waals surface area contributed by atoms with E-state index in [1.165, 1.54) is 0 Å². The van der Waals surface area contributed by atoms with E-state index in [-0.39, 0.29) is 35.8 Å². The number of hydrogen-bond acceptors (Lipinski definition) is 5. The highest BCUT2D eigenvalue weighted by Gasteiger charge is 2.23. The normalized spacial score (nSPS) is 17.6. The standard InChI is InChI=1S/C15H26N4O3S2.HI/c1-12-4-5-14(22-12)13(2)18-15(16-3)17-6-11-24(20,21)19-7-9-23-10-8-19;/h4-5,13H,6-11H2,1-3H3,(H2,16,17,18);1H.